The van der Waals surface area contributed by atoms with Crippen molar-refractivity contribution >= 4 is 11.8 Å². The highest BCUT2D eigenvalue weighted by molar-refractivity contribution is 7.99. The molecule has 16 heavy (non-hydrogen) atoms. The normalized spacial score (nSPS) is 31.3. The first-order valence-electron chi connectivity index (χ1n) is 6.50. The third kappa shape index (κ3) is 2.93. The van der Waals surface area contributed by atoms with Gasteiger partial charge in [-0.25, -0.2) is 0 Å². The van der Waals surface area contributed by atoms with E-state index in [-0.39, 0.29) is 0 Å². The molecule has 1 atom stereocenters. The highest BCUT2D eigenvalue weighted by Crippen LogP contribution is 2.48. The molecule has 2 nitrogen and oxygen atoms in total. The highest BCUT2D eigenvalue weighted by atomic mass is 32.2. The Morgan fingerprint density at radius 1 is 1.31 bits per heavy atom. The average molecular weight is 243 g/mol. The Morgan fingerprint density at radius 3 is 2.62 bits per heavy atom. The van der Waals surface area contributed by atoms with Gasteiger partial charge in [0.1, 0.15) is 0 Å². The van der Waals surface area contributed by atoms with Crippen molar-refractivity contribution in [1.29, 1.82) is 0 Å². The summed E-state index contributed by atoms with van der Waals surface area (Å²) in [5.41, 5.74) is 0.896. The van der Waals surface area contributed by atoms with E-state index >= 15 is 0 Å². The van der Waals surface area contributed by atoms with E-state index in [1.807, 2.05) is 0 Å². The van der Waals surface area contributed by atoms with E-state index in [1.54, 1.807) is 0 Å². The third-order valence-corrected chi connectivity index (χ3v) is 5.50. The molecule has 1 heterocycles. The van der Waals surface area contributed by atoms with Crippen LogP contribution in [0.15, 0.2) is 0 Å². The fraction of sp³-hybridized carbons (Fsp3) is 1.00. The second-order valence-electron chi connectivity index (χ2n) is 6.22. The lowest BCUT2D eigenvalue weighted by atomic mass is 9.82. The molecule has 0 aromatic heterocycles. The fourth-order valence-electron chi connectivity index (χ4n) is 2.54. The SMILES string of the molecule is CC1(C)CCSCC1NCC1(CCO)CC1. The van der Waals surface area contributed by atoms with Gasteiger partial charge in [-0.05, 0) is 42.3 Å². The van der Waals surface area contributed by atoms with Crippen LogP contribution in [0.5, 0.6) is 0 Å². The van der Waals surface area contributed by atoms with Crippen LogP contribution in [0, 0.1) is 10.8 Å². The summed E-state index contributed by atoms with van der Waals surface area (Å²) in [5, 5.41) is 12.8. The number of hydrogen-bond donors (Lipinski definition) is 2. The van der Waals surface area contributed by atoms with Crippen LogP contribution in [0.3, 0.4) is 0 Å². The zero-order chi connectivity index (χ0) is 11.6. The van der Waals surface area contributed by atoms with E-state index in [0.29, 0.717) is 23.5 Å². The number of nitrogens with one attached hydrogen (secondary N) is 1. The molecule has 1 saturated heterocycles. The molecule has 1 aliphatic carbocycles. The molecule has 1 aliphatic heterocycles. The topological polar surface area (TPSA) is 32.3 Å². The minimum atomic E-state index is 0.352. The largest absolute Gasteiger partial charge is 0.396 e. The van der Waals surface area contributed by atoms with Gasteiger partial charge in [0.25, 0.3) is 0 Å². The monoisotopic (exact) mass is 243 g/mol. The summed E-state index contributed by atoms with van der Waals surface area (Å²) in [6.45, 7) is 6.23. The van der Waals surface area contributed by atoms with Crippen LogP contribution < -0.4 is 5.32 Å². The first-order valence-corrected chi connectivity index (χ1v) is 7.66. The molecule has 94 valence electrons. The zero-order valence-electron chi connectivity index (χ0n) is 10.6. The van der Waals surface area contributed by atoms with E-state index in [0.717, 1.165) is 13.0 Å². The average Bonchev–Trinajstić information content (AvgIpc) is 2.97. The van der Waals surface area contributed by atoms with E-state index in [2.05, 4.69) is 30.9 Å². The lowest BCUT2D eigenvalue weighted by molar-refractivity contribution is 0.211. The van der Waals surface area contributed by atoms with Crippen LogP contribution in [0.25, 0.3) is 0 Å². The van der Waals surface area contributed by atoms with Crippen molar-refractivity contribution in [2.45, 2.75) is 45.6 Å². The smallest absolute Gasteiger partial charge is 0.0436 e. The molecular formula is C13H25NOS. The minimum absolute atomic E-state index is 0.352. The summed E-state index contributed by atoms with van der Waals surface area (Å²) in [6, 6.07) is 0.655. The first kappa shape index (κ1) is 12.7. The minimum Gasteiger partial charge on any atom is -0.396 e. The van der Waals surface area contributed by atoms with Crippen molar-refractivity contribution < 1.29 is 5.11 Å². The van der Waals surface area contributed by atoms with Gasteiger partial charge in [-0.3, -0.25) is 0 Å². The summed E-state index contributed by atoms with van der Waals surface area (Å²) >= 11 is 2.08. The molecule has 2 fully saturated rings. The summed E-state index contributed by atoms with van der Waals surface area (Å²) in [5.74, 6) is 2.56. The zero-order valence-corrected chi connectivity index (χ0v) is 11.4. The van der Waals surface area contributed by atoms with Gasteiger partial charge < -0.3 is 10.4 Å². The quantitative estimate of drug-likeness (QED) is 0.777. The van der Waals surface area contributed by atoms with Gasteiger partial charge in [0.2, 0.25) is 0 Å². The Hall–Kier alpha value is 0.270. The van der Waals surface area contributed by atoms with Gasteiger partial charge in [0.05, 0.1) is 0 Å². The van der Waals surface area contributed by atoms with Gasteiger partial charge in [0.15, 0.2) is 0 Å². The maximum absolute atomic E-state index is 9.05. The van der Waals surface area contributed by atoms with Crippen molar-refractivity contribution in [2.24, 2.45) is 10.8 Å². The Morgan fingerprint density at radius 2 is 2.06 bits per heavy atom. The molecule has 0 aromatic rings. The first-order chi connectivity index (χ1) is 7.58. The molecule has 1 unspecified atom stereocenters. The summed E-state index contributed by atoms with van der Waals surface area (Å²) < 4.78 is 0. The molecule has 0 radical (unpaired) electrons. The molecule has 3 heteroatoms. The maximum Gasteiger partial charge on any atom is 0.0436 e. The Bertz CT molecular complexity index is 238. The van der Waals surface area contributed by atoms with E-state index in [4.69, 9.17) is 5.11 Å². The van der Waals surface area contributed by atoms with Crippen LogP contribution in [-0.4, -0.2) is 35.8 Å². The number of aliphatic hydroxyl groups excluding tert-OH is 1. The van der Waals surface area contributed by atoms with E-state index in [9.17, 15) is 0 Å². The van der Waals surface area contributed by atoms with E-state index < -0.39 is 0 Å². The number of rotatable bonds is 5. The van der Waals surface area contributed by atoms with Crippen molar-refractivity contribution in [2.75, 3.05) is 24.7 Å². The molecule has 0 spiro atoms. The molecule has 0 amide bonds. The molecule has 2 rings (SSSR count). The lowest BCUT2D eigenvalue weighted by Gasteiger charge is -2.39. The lowest BCUT2D eigenvalue weighted by Crippen LogP contribution is -2.48. The summed E-state index contributed by atoms with van der Waals surface area (Å²) in [4.78, 5) is 0. The maximum atomic E-state index is 9.05. The molecule has 0 bridgehead atoms. The van der Waals surface area contributed by atoms with Gasteiger partial charge >= 0.3 is 0 Å². The van der Waals surface area contributed by atoms with Gasteiger partial charge in [-0.2, -0.15) is 11.8 Å². The van der Waals surface area contributed by atoms with Crippen LogP contribution in [0.4, 0.5) is 0 Å². The van der Waals surface area contributed by atoms with Gasteiger partial charge in [-0.15, -0.1) is 0 Å². The third-order valence-electron chi connectivity index (χ3n) is 4.44. The molecule has 2 aliphatic rings. The van der Waals surface area contributed by atoms with Gasteiger partial charge in [-0.1, -0.05) is 13.8 Å². The fourth-order valence-corrected chi connectivity index (χ4v) is 4.18. The van der Waals surface area contributed by atoms with Gasteiger partial charge in [0, 0.05) is 24.9 Å². The summed E-state index contributed by atoms with van der Waals surface area (Å²) in [7, 11) is 0. The highest BCUT2D eigenvalue weighted by Gasteiger charge is 2.43. The molecular weight excluding hydrogens is 218 g/mol. The summed E-state index contributed by atoms with van der Waals surface area (Å²) in [6.07, 6.45) is 4.92. The Labute approximate surface area is 104 Å². The molecule has 0 aromatic carbocycles. The van der Waals surface area contributed by atoms with Crippen molar-refractivity contribution in [3.8, 4) is 0 Å². The van der Waals surface area contributed by atoms with E-state index in [1.165, 1.54) is 30.8 Å². The number of aliphatic hydroxyl groups is 1. The predicted octanol–water partition coefficient (Wildman–Crippen LogP) is 2.27. The van der Waals surface area contributed by atoms with Crippen LogP contribution in [0.1, 0.15) is 39.5 Å². The predicted molar refractivity (Wildman–Crippen MR) is 70.9 cm³/mol. The standard InChI is InChI=1S/C13H25NOS/c1-12(2)6-8-16-9-11(12)14-10-13(3-4-13)5-7-15/h11,14-15H,3-10H2,1-2H3. The second kappa shape index (κ2) is 4.87. The van der Waals surface area contributed by atoms with Crippen LogP contribution in [-0.2, 0) is 0 Å². The van der Waals surface area contributed by atoms with Crippen molar-refractivity contribution in [3.05, 3.63) is 0 Å². The molecule has 2 N–H and O–H groups in total. The Balaban J connectivity index is 1.80. The van der Waals surface area contributed by atoms with Crippen LogP contribution >= 0.6 is 11.8 Å². The van der Waals surface area contributed by atoms with Crippen LogP contribution in [0.2, 0.25) is 0 Å². The number of hydrogen-bond acceptors (Lipinski definition) is 3. The second-order valence-corrected chi connectivity index (χ2v) is 7.37. The molecule has 1 saturated carbocycles. The number of thioether (sulfide) groups is 1. The Kier molecular flexibility index (Phi) is 3.87. The van der Waals surface area contributed by atoms with Crippen molar-refractivity contribution in [3.63, 3.8) is 0 Å². The van der Waals surface area contributed by atoms with Crippen molar-refractivity contribution in [1.82, 2.24) is 5.32 Å².